The molecule has 0 bridgehead atoms. The minimum Gasteiger partial charge on any atom is -0.416 e. The van der Waals surface area contributed by atoms with Gasteiger partial charge in [-0.2, -0.15) is 0 Å². The second-order valence-corrected chi connectivity index (χ2v) is 26.1. The zero-order valence-electron chi connectivity index (χ0n) is 28.8. The molecule has 0 aromatic heterocycles. The Kier molecular flexibility index (Phi) is 13.5. The molecule has 2 atom stereocenters. The van der Waals surface area contributed by atoms with E-state index in [1.807, 2.05) is 31.2 Å². The third-order valence-electron chi connectivity index (χ3n) is 8.29. The molecule has 0 heterocycles. The van der Waals surface area contributed by atoms with Crippen LogP contribution in [-0.2, 0) is 19.8 Å². The Morgan fingerprint density at radius 2 is 1.35 bits per heavy atom. The summed E-state index contributed by atoms with van der Waals surface area (Å²) in [5.74, 6) is 6.88. The molecule has 0 N–H and O–H groups in total. The van der Waals surface area contributed by atoms with Crippen LogP contribution in [0.25, 0.3) is 0 Å². The summed E-state index contributed by atoms with van der Waals surface area (Å²) in [6.45, 7) is 29.8. The van der Waals surface area contributed by atoms with Crippen LogP contribution in [0.2, 0.25) is 23.2 Å². The zero-order valence-corrected chi connectivity index (χ0v) is 31.6. The van der Waals surface area contributed by atoms with Gasteiger partial charge in [0.1, 0.15) is 11.0 Å². The normalized spacial score (nSPS) is 14.6. The molecule has 238 valence electrons. The van der Waals surface area contributed by atoms with E-state index in [1.54, 1.807) is 0 Å². The van der Waals surface area contributed by atoms with Crippen LogP contribution in [0.3, 0.4) is 0 Å². The van der Waals surface area contributed by atoms with E-state index in [1.165, 1.54) is 10.4 Å². The van der Waals surface area contributed by atoms with E-state index < -0.39 is 32.4 Å². The van der Waals surface area contributed by atoms with Crippen LogP contribution in [-0.4, -0.2) is 55.7 Å². The summed E-state index contributed by atoms with van der Waals surface area (Å²) in [6.07, 6.45) is 3.10. The monoisotopic (exact) mass is 639 g/mol. The molecule has 7 heteroatoms. The van der Waals surface area contributed by atoms with Crippen molar-refractivity contribution in [2.24, 2.45) is 0 Å². The molecule has 0 fully saturated rings. The molecule has 0 saturated heterocycles. The highest BCUT2D eigenvalue weighted by molar-refractivity contribution is 7.84. The number of nitrogens with zero attached hydrogens (tertiary/aromatic N) is 1. The summed E-state index contributed by atoms with van der Waals surface area (Å²) in [5.41, 5.74) is 0. The van der Waals surface area contributed by atoms with E-state index in [2.05, 4.69) is 134 Å². The molecule has 2 aromatic carbocycles. The molecular weight excluding hydrogens is 583 g/mol. The third-order valence-corrected chi connectivity index (χ3v) is 19.7. The molecule has 0 aliphatic heterocycles. The van der Waals surface area contributed by atoms with Crippen molar-refractivity contribution in [3.63, 3.8) is 0 Å². The molecule has 0 spiro atoms. The van der Waals surface area contributed by atoms with Crippen LogP contribution in [0, 0.1) is 11.8 Å². The molecule has 0 radical (unpaired) electrons. The van der Waals surface area contributed by atoms with Gasteiger partial charge in [0, 0.05) is 26.2 Å². The number of hydrogen-bond donors (Lipinski definition) is 0. The first-order chi connectivity index (χ1) is 19.9. The molecular formula is C36H57NO3SSi2. The SMILES string of the molecule is C=CCN([C@@H](C#CCCO[Si](C)(C)C(C)(C)C)CCO[Si](c1ccccc1)(c1ccccc1)C(C)(C)C)[S@](=O)C(C)(C)C. The maximum Gasteiger partial charge on any atom is 0.261 e. The van der Waals surface area contributed by atoms with Gasteiger partial charge in [0.25, 0.3) is 8.32 Å². The lowest BCUT2D eigenvalue weighted by Crippen LogP contribution is -2.66. The largest absolute Gasteiger partial charge is 0.416 e. The van der Waals surface area contributed by atoms with Gasteiger partial charge in [-0.05, 0) is 60.7 Å². The fourth-order valence-corrected chi connectivity index (χ4v) is 11.9. The highest BCUT2D eigenvalue weighted by Crippen LogP contribution is 2.37. The lowest BCUT2D eigenvalue weighted by Gasteiger charge is -2.43. The Bertz CT molecular complexity index is 1190. The van der Waals surface area contributed by atoms with Crippen LogP contribution < -0.4 is 10.4 Å². The average Bonchev–Trinajstić information content (AvgIpc) is 2.91. The smallest absolute Gasteiger partial charge is 0.261 e. The van der Waals surface area contributed by atoms with E-state index in [4.69, 9.17) is 8.85 Å². The standard InChI is InChI=1S/C36H57NO3SSi2/c1-13-28-37(41(38)34(2,3)4)31(22-20-21-29-39-42(11,12)35(5,6)7)27-30-40-43(36(8,9)10,32-23-16-14-17-24-32)33-25-18-15-19-26-33/h13-19,23-26,31H,1,21,27-30H2,2-12H3/t31-,41+/m0/s1. The van der Waals surface area contributed by atoms with Gasteiger partial charge in [-0.1, -0.05) is 120 Å². The molecule has 43 heavy (non-hydrogen) atoms. The van der Waals surface area contributed by atoms with E-state index >= 15 is 0 Å². The van der Waals surface area contributed by atoms with Gasteiger partial charge < -0.3 is 8.85 Å². The maximum atomic E-state index is 13.8. The lowest BCUT2D eigenvalue weighted by atomic mass is 10.2. The lowest BCUT2D eigenvalue weighted by molar-refractivity contribution is 0.261. The van der Waals surface area contributed by atoms with Crippen LogP contribution in [0.5, 0.6) is 0 Å². The third kappa shape index (κ3) is 9.84. The summed E-state index contributed by atoms with van der Waals surface area (Å²) < 4.78 is 28.9. The van der Waals surface area contributed by atoms with Gasteiger partial charge in [0.15, 0.2) is 8.32 Å². The van der Waals surface area contributed by atoms with Gasteiger partial charge in [-0.15, -0.1) is 6.58 Å². The summed E-state index contributed by atoms with van der Waals surface area (Å²) in [4.78, 5) is 0. The maximum absolute atomic E-state index is 13.8. The molecule has 0 aliphatic rings. The number of benzene rings is 2. The van der Waals surface area contributed by atoms with Gasteiger partial charge in [-0.25, -0.2) is 8.51 Å². The van der Waals surface area contributed by atoms with Gasteiger partial charge in [-0.3, -0.25) is 0 Å². The Balaban J connectivity index is 2.43. The van der Waals surface area contributed by atoms with Gasteiger partial charge in [0.2, 0.25) is 0 Å². The molecule has 0 aliphatic carbocycles. The molecule has 2 rings (SSSR count). The second-order valence-electron chi connectivity index (χ2n) is 14.7. The molecule has 4 nitrogen and oxygen atoms in total. The second kappa shape index (κ2) is 15.5. The number of rotatable bonds is 13. The van der Waals surface area contributed by atoms with E-state index in [0.29, 0.717) is 32.6 Å². The van der Waals surface area contributed by atoms with Gasteiger partial charge >= 0.3 is 0 Å². The summed E-state index contributed by atoms with van der Waals surface area (Å²) in [7, 11) is -5.79. The fourth-order valence-electron chi connectivity index (χ4n) is 4.93. The first-order valence-corrected chi connectivity index (χ1v) is 21.5. The quantitative estimate of drug-likeness (QED) is 0.0977. The molecule has 0 saturated carbocycles. The van der Waals surface area contributed by atoms with Crippen molar-refractivity contribution in [1.29, 1.82) is 0 Å². The predicted octanol–water partition coefficient (Wildman–Crippen LogP) is 7.69. The minimum absolute atomic E-state index is 0.118. The highest BCUT2D eigenvalue weighted by atomic mass is 32.2. The minimum atomic E-state index is -2.69. The van der Waals surface area contributed by atoms with E-state index in [0.717, 1.165) is 0 Å². The van der Waals surface area contributed by atoms with Crippen LogP contribution in [0.4, 0.5) is 0 Å². The summed E-state index contributed by atoms with van der Waals surface area (Å²) in [5, 5.41) is 2.54. The van der Waals surface area contributed by atoms with Crippen molar-refractivity contribution in [3.05, 3.63) is 73.3 Å². The topological polar surface area (TPSA) is 38.8 Å². The summed E-state index contributed by atoms with van der Waals surface area (Å²) in [6, 6.07) is 21.1. The van der Waals surface area contributed by atoms with Crippen molar-refractivity contribution in [2.75, 3.05) is 19.8 Å². The fraction of sp³-hybridized carbons (Fsp3) is 0.556. The predicted molar refractivity (Wildman–Crippen MR) is 192 cm³/mol. The Morgan fingerprint density at radius 3 is 1.77 bits per heavy atom. The Labute approximate surface area is 268 Å². The van der Waals surface area contributed by atoms with Crippen molar-refractivity contribution >= 4 is 38.0 Å². The van der Waals surface area contributed by atoms with Crippen LogP contribution in [0.1, 0.15) is 75.2 Å². The first kappa shape index (κ1) is 37.4. The Hall–Kier alpha value is -1.80. The summed E-state index contributed by atoms with van der Waals surface area (Å²) >= 11 is 0. The zero-order chi connectivity index (χ0) is 32.5. The van der Waals surface area contributed by atoms with Crippen LogP contribution in [0.15, 0.2) is 73.3 Å². The van der Waals surface area contributed by atoms with Crippen molar-refractivity contribution in [1.82, 2.24) is 4.31 Å². The highest BCUT2D eigenvalue weighted by Gasteiger charge is 2.50. The molecule has 2 aromatic rings. The van der Waals surface area contributed by atoms with E-state index in [9.17, 15) is 4.21 Å². The average molecular weight is 640 g/mol. The Morgan fingerprint density at radius 1 is 0.837 bits per heavy atom. The van der Waals surface area contributed by atoms with Crippen molar-refractivity contribution < 1.29 is 13.1 Å². The number of hydrogen-bond acceptors (Lipinski definition) is 3. The van der Waals surface area contributed by atoms with Crippen molar-refractivity contribution in [3.8, 4) is 11.8 Å². The first-order valence-electron chi connectivity index (χ1n) is 15.6. The van der Waals surface area contributed by atoms with Crippen molar-refractivity contribution in [2.45, 2.75) is 109 Å². The van der Waals surface area contributed by atoms with Crippen LogP contribution >= 0.6 is 0 Å². The van der Waals surface area contributed by atoms with Gasteiger partial charge in [0.05, 0.1) is 10.8 Å². The van der Waals surface area contributed by atoms with E-state index in [-0.39, 0.29) is 16.1 Å². The molecule has 0 amide bonds. The molecule has 0 unspecified atom stereocenters.